The number of benzene rings is 2. The number of rotatable bonds is 8. The minimum Gasteiger partial charge on any atom is -0.465 e. The first-order valence-corrected chi connectivity index (χ1v) is 13.0. The van der Waals surface area contributed by atoms with Gasteiger partial charge in [0.2, 0.25) is 5.78 Å². The first-order valence-electron chi connectivity index (χ1n) is 13.0. The van der Waals surface area contributed by atoms with E-state index < -0.39 is 57.6 Å². The van der Waals surface area contributed by atoms with Crippen LogP contribution in [0.4, 0.5) is 26.3 Å². The standard InChI is InChI=1S/C30H24F6N4O4/c1-37-12-15-10-21(28(41)14-8-18(31)25(33)19(32)9-14)40-7-5-6-16(27(15)40)23-17(30(34,35)36)11-20-26(24(23)29(42)44-4)38-22(13-43-3)39(20)2/h5-11,37H,12-13H2,1-4H3. The van der Waals surface area contributed by atoms with Gasteiger partial charge < -0.3 is 23.8 Å². The highest BCUT2D eigenvalue weighted by atomic mass is 19.4. The van der Waals surface area contributed by atoms with E-state index in [9.17, 15) is 35.9 Å². The zero-order chi connectivity index (χ0) is 32.1. The monoisotopic (exact) mass is 618 g/mol. The van der Waals surface area contributed by atoms with Crippen LogP contribution >= 0.6 is 0 Å². The highest BCUT2D eigenvalue weighted by Gasteiger charge is 2.39. The number of aromatic nitrogens is 3. The molecule has 1 N–H and O–H groups in total. The van der Waals surface area contributed by atoms with Gasteiger partial charge in [0, 0.05) is 43.6 Å². The highest BCUT2D eigenvalue weighted by Crippen LogP contribution is 2.45. The molecule has 3 aromatic heterocycles. The number of carbonyl (C=O) groups excluding carboxylic acids is 2. The third-order valence-electron chi connectivity index (χ3n) is 7.22. The minimum atomic E-state index is -4.97. The summed E-state index contributed by atoms with van der Waals surface area (Å²) >= 11 is 0. The Balaban J connectivity index is 1.90. The van der Waals surface area contributed by atoms with Crippen LogP contribution in [0.3, 0.4) is 0 Å². The van der Waals surface area contributed by atoms with E-state index in [1.54, 1.807) is 7.05 Å². The quantitative estimate of drug-likeness (QED) is 0.102. The normalized spacial score (nSPS) is 12.0. The fourth-order valence-corrected chi connectivity index (χ4v) is 5.31. The number of esters is 1. The summed E-state index contributed by atoms with van der Waals surface area (Å²) in [5, 5.41) is 2.88. The van der Waals surface area contributed by atoms with Gasteiger partial charge in [-0.1, -0.05) is 6.07 Å². The second-order valence-corrected chi connectivity index (χ2v) is 9.86. The molecule has 0 fully saturated rings. The number of alkyl halides is 3. The van der Waals surface area contributed by atoms with E-state index in [-0.39, 0.29) is 46.8 Å². The molecule has 0 aliphatic heterocycles. The first kappa shape index (κ1) is 30.8. The van der Waals surface area contributed by atoms with E-state index in [0.29, 0.717) is 17.7 Å². The molecule has 5 aromatic rings. The Hall–Kier alpha value is -4.69. The number of halogens is 6. The van der Waals surface area contributed by atoms with Gasteiger partial charge in [0.05, 0.1) is 35.0 Å². The van der Waals surface area contributed by atoms with Gasteiger partial charge in [-0.15, -0.1) is 0 Å². The van der Waals surface area contributed by atoms with E-state index >= 15 is 0 Å². The molecule has 8 nitrogen and oxygen atoms in total. The number of ether oxygens (including phenoxy) is 2. The van der Waals surface area contributed by atoms with Crippen LogP contribution < -0.4 is 5.32 Å². The van der Waals surface area contributed by atoms with Crippen LogP contribution in [0, 0.1) is 17.5 Å². The molecule has 3 heterocycles. The lowest BCUT2D eigenvalue weighted by Crippen LogP contribution is -2.14. The van der Waals surface area contributed by atoms with Crippen LogP contribution in [0.2, 0.25) is 0 Å². The molecule has 14 heteroatoms. The second kappa shape index (κ2) is 11.4. The fourth-order valence-electron chi connectivity index (χ4n) is 5.31. The number of aryl methyl sites for hydroxylation is 1. The van der Waals surface area contributed by atoms with Crippen molar-refractivity contribution in [1.82, 2.24) is 19.3 Å². The van der Waals surface area contributed by atoms with E-state index in [0.717, 1.165) is 13.2 Å². The van der Waals surface area contributed by atoms with Gasteiger partial charge >= 0.3 is 12.1 Å². The van der Waals surface area contributed by atoms with Gasteiger partial charge in [-0.2, -0.15) is 13.2 Å². The number of hydrogen-bond acceptors (Lipinski definition) is 6. The number of hydrogen-bond donors (Lipinski definition) is 1. The molecule has 0 amide bonds. The third kappa shape index (κ3) is 4.99. The smallest absolute Gasteiger partial charge is 0.417 e. The van der Waals surface area contributed by atoms with Crippen LogP contribution in [0.5, 0.6) is 0 Å². The number of nitrogens with zero attached hydrogens (tertiary/aromatic N) is 3. The average molecular weight is 619 g/mol. The number of ketones is 1. The zero-order valence-electron chi connectivity index (χ0n) is 23.7. The lowest BCUT2D eigenvalue weighted by Gasteiger charge is -2.19. The van der Waals surface area contributed by atoms with Crippen LogP contribution in [0.1, 0.15) is 43.4 Å². The van der Waals surface area contributed by atoms with Gasteiger partial charge in [-0.25, -0.2) is 22.9 Å². The molecule has 0 atom stereocenters. The number of carbonyl (C=O) groups is 2. The van der Waals surface area contributed by atoms with E-state index in [1.165, 1.54) is 47.5 Å². The van der Waals surface area contributed by atoms with Crippen molar-refractivity contribution in [3.8, 4) is 11.1 Å². The molecule has 0 aliphatic rings. The molecule has 0 radical (unpaired) electrons. The predicted molar refractivity (Wildman–Crippen MR) is 147 cm³/mol. The van der Waals surface area contributed by atoms with E-state index in [2.05, 4.69) is 10.3 Å². The first-order chi connectivity index (χ1) is 20.8. The van der Waals surface area contributed by atoms with Gasteiger partial charge in [0.25, 0.3) is 0 Å². The van der Waals surface area contributed by atoms with Crippen molar-refractivity contribution in [3.63, 3.8) is 0 Å². The van der Waals surface area contributed by atoms with Crippen molar-refractivity contribution in [2.75, 3.05) is 21.3 Å². The molecule has 0 saturated carbocycles. The van der Waals surface area contributed by atoms with Crippen LogP contribution in [-0.4, -0.2) is 47.0 Å². The summed E-state index contributed by atoms with van der Waals surface area (Å²) in [6, 6.07) is 5.99. The molecule has 2 aromatic carbocycles. The van der Waals surface area contributed by atoms with Gasteiger partial charge in [-0.05, 0) is 42.9 Å². The number of nitrogens with one attached hydrogen (secondary N) is 1. The molecule has 0 unspecified atom stereocenters. The fraction of sp³-hybridized carbons (Fsp3) is 0.233. The van der Waals surface area contributed by atoms with Gasteiger partial charge in [-0.3, -0.25) is 4.79 Å². The Morgan fingerprint density at radius 2 is 1.73 bits per heavy atom. The summed E-state index contributed by atoms with van der Waals surface area (Å²) < 4.78 is 98.8. The molecule has 44 heavy (non-hydrogen) atoms. The zero-order valence-corrected chi connectivity index (χ0v) is 23.7. The lowest BCUT2D eigenvalue weighted by atomic mass is 9.91. The van der Waals surface area contributed by atoms with Gasteiger partial charge in [0.1, 0.15) is 17.9 Å². The third-order valence-corrected chi connectivity index (χ3v) is 7.22. The lowest BCUT2D eigenvalue weighted by molar-refractivity contribution is -0.137. The van der Waals surface area contributed by atoms with Crippen molar-refractivity contribution < 1.29 is 45.4 Å². The number of methoxy groups -OCH3 is 2. The molecule has 0 saturated heterocycles. The molecule has 5 rings (SSSR count). The van der Waals surface area contributed by atoms with Crippen molar-refractivity contribution in [2.24, 2.45) is 7.05 Å². The van der Waals surface area contributed by atoms with E-state index in [4.69, 9.17) is 9.47 Å². The van der Waals surface area contributed by atoms with Crippen LogP contribution in [-0.2, 0) is 35.8 Å². The summed E-state index contributed by atoms with van der Waals surface area (Å²) in [4.78, 5) is 31.2. The summed E-state index contributed by atoms with van der Waals surface area (Å²) in [7, 11) is 5.47. The van der Waals surface area contributed by atoms with Crippen LogP contribution in [0.25, 0.3) is 27.7 Å². The second-order valence-electron chi connectivity index (χ2n) is 9.86. The van der Waals surface area contributed by atoms with Crippen LogP contribution in [0.15, 0.2) is 42.6 Å². The Kier molecular flexibility index (Phi) is 7.99. The summed E-state index contributed by atoms with van der Waals surface area (Å²) in [6.45, 7) is -0.0161. The Morgan fingerprint density at radius 1 is 1.05 bits per heavy atom. The number of fused-ring (bicyclic) bond motifs is 2. The molecular weight excluding hydrogens is 594 g/mol. The predicted octanol–water partition coefficient (Wildman–Crippen LogP) is 5.81. The number of imidazole rings is 1. The molecule has 230 valence electrons. The highest BCUT2D eigenvalue weighted by molar-refractivity contribution is 6.12. The maximum atomic E-state index is 14.8. The largest absolute Gasteiger partial charge is 0.465 e. The van der Waals surface area contributed by atoms with Crippen molar-refractivity contribution in [1.29, 1.82) is 0 Å². The maximum Gasteiger partial charge on any atom is 0.417 e. The van der Waals surface area contributed by atoms with Crippen molar-refractivity contribution in [3.05, 3.63) is 93.8 Å². The molecule has 0 aliphatic carbocycles. The van der Waals surface area contributed by atoms with Crippen molar-refractivity contribution in [2.45, 2.75) is 19.3 Å². The van der Waals surface area contributed by atoms with Crippen molar-refractivity contribution >= 4 is 28.3 Å². The van der Waals surface area contributed by atoms with Gasteiger partial charge in [0.15, 0.2) is 17.5 Å². The van der Waals surface area contributed by atoms with E-state index in [1.807, 2.05) is 0 Å². The molecule has 0 spiro atoms. The number of pyridine rings is 1. The Labute approximate surface area is 245 Å². The molecular formula is C30H24F6N4O4. The Bertz CT molecular complexity index is 1940. The maximum absolute atomic E-state index is 14.8. The summed E-state index contributed by atoms with van der Waals surface area (Å²) in [5.74, 6) is -6.69. The average Bonchev–Trinajstić information content (AvgIpc) is 3.51. The summed E-state index contributed by atoms with van der Waals surface area (Å²) in [6.07, 6.45) is -3.59. The SMILES string of the molecule is CNCc1cc(C(=O)c2cc(F)c(F)c(F)c2)n2cccc(-c3c(C(F)(F)F)cc4c(nc(COC)n4C)c3C(=O)OC)c12. The topological polar surface area (TPSA) is 86.9 Å². The Morgan fingerprint density at radius 3 is 2.32 bits per heavy atom. The molecule has 0 bridgehead atoms. The minimum absolute atomic E-state index is 0.00235. The summed E-state index contributed by atoms with van der Waals surface area (Å²) in [5.41, 5.74) is -2.61.